The Kier molecular flexibility index (Phi) is 9.37. The topological polar surface area (TPSA) is 88.7 Å². The number of para-hydroxylation sites is 2. The van der Waals surface area contributed by atoms with Gasteiger partial charge in [-0.25, -0.2) is 0 Å². The van der Waals surface area contributed by atoms with Crippen LogP contribution < -0.4 is 20.7 Å². The van der Waals surface area contributed by atoms with E-state index in [-0.39, 0.29) is 24.4 Å². The Morgan fingerprint density at radius 2 is 1.72 bits per heavy atom. The van der Waals surface area contributed by atoms with Crippen molar-refractivity contribution in [3.63, 3.8) is 0 Å². The van der Waals surface area contributed by atoms with Gasteiger partial charge in [0.1, 0.15) is 12.4 Å². The fraction of sp³-hybridized carbons (Fsp3) is 0.440. The van der Waals surface area contributed by atoms with Crippen LogP contribution in [0.25, 0.3) is 0 Å². The fourth-order valence-corrected chi connectivity index (χ4v) is 3.68. The van der Waals surface area contributed by atoms with Gasteiger partial charge in [-0.05, 0) is 56.2 Å². The predicted molar refractivity (Wildman–Crippen MR) is 126 cm³/mol. The third kappa shape index (κ3) is 7.57. The number of hydrogen-bond donors (Lipinski definition) is 3. The van der Waals surface area contributed by atoms with Gasteiger partial charge < -0.3 is 25.4 Å². The fourth-order valence-electron chi connectivity index (χ4n) is 3.68. The Hall–Kier alpha value is -3.06. The lowest BCUT2D eigenvalue weighted by Crippen LogP contribution is -2.36. The van der Waals surface area contributed by atoms with Crippen LogP contribution in [-0.2, 0) is 9.53 Å². The summed E-state index contributed by atoms with van der Waals surface area (Å²) < 4.78 is 11.0. The molecule has 0 unspecified atom stereocenters. The Morgan fingerprint density at radius 3 is 2.47 bits per heavy atom. The van der Waals surface area contributed by atoms with E-state index in [2.05, 4.69) is 16.0 Å². The van der Waals surface area contributed by atoms with E-state index in [1.54, 1.807) is 18.2 Å². The molecule has 172 valence electrons. The predicted octanol–water partition coefficient (Wildman–Crippen LogP) is 4.22. The van der Waals surface area contributed by atoms with Crippen molar-refractivity contribution >= 4 is 23.2 Å². The van der Waals surface area contributed by atoms with Gasteiger partial charge >= 0.3 is 0 Å². The second-order valence-electron chi connectivity index (χ2n) is 7.83. The van der Waals surface area contributed by atoms with Gasteiger partial charge in [-0.1, -0.05) is 31.4 Å². The first-order valence-corrected chi connectivity index (χ1v) is 11.4. The summed E-state index contributed by atoms with van der Waals surface area (Å²) in [5.41, 5.74) is 2.02. The van der Waals surface area contributed by atoms with Crippen molar-refractivity contribution in [2.24, 2.45) is 0 Å². The Balaban J connectivity index is 1.45. The highest BCUT2D eigenvalue weighted by Crippen LogP contribution is 2.23. The number of anilines is 2. The molecule has 0 bridgehead atoms. The molecule has 2 aromatic carbocycles. The molecule has 1 aliphatic rings. The summed E-state index contributed by atoms with van der Waals surface area (Å²) in [5.74, 6) is 0.376. The molecular formula is C25H33N3O4. The summed E-state index contributed by atoms with van der Waals surface area (Å²) in [7, 11) is 0. The molecule has 0 spiro atoms. The van der Waals surface area contributed by atoms with Crippen LogP contribution in [0.1, 0.15) is 49.4 Å². The second kappa shape index (κ2) is 12.7. The molecule has 0 aromatic heterocycles. The molecule has 3 rings (SSSR count). The van der Waals surface area contributed by atoms with Crippen molar-refractivity contribution in [2.45, 2.75) is 45.1 Å². The van der Waals surface area contributed by atoms with E-state index in [0.29, 0.717) is 36.8 Å². The average molecular weight is 440 g/mol. The molecule has 2 amide bonds. The maximum atomic E-state index is 12.4. The Labute approximate surface area is 189 Å². The average Bonchev–Trinajstić information content (AvgIpc) is 2.82. The van der Waals surface area contributed by atoms with E-state index >= 15 is 0 Å². The summed E-state index contributed by atoms with van der Waals surface area (Å²) in [6, 6.07) is 14.8. The third-order valence-electron chi connectivity index (χ3n) is 5.39. The summed E-state index contributed by atoms with van der Waals surface area (Å²) in [6.45, 7) is 3.58. The zero-order valence-electron chi connectivity index (χ0n) is 18.7. The molecule has 0 atom stereocenters. The second-order valence-corrected chi connectivity index (χ2v) is 7.83. The van der Waals surface area contributed by atoms with Gasteiger partial charge in [-0.3, -0.25) is 9.59 Å². The van der Waals surface area contributed by atoms with Gasteiger partial charge in [0.05, 0.1) is 18.8 Å². The lowest BCUT2D eigenvalue weighted by atomic mass is 9.95. The summed E-state index contributed by atoms with van der Waals surface area (Å²) in [4.78, 5) is 24.8. The molecule has 32 heavy (non-hydrogen) atoms. The molecule has 7 nitrogen and oxygen atoms in total. The molecule has 0 heterocycles. The Morgan fingerprint density at radius 1 is 0.969 bits per heavy atom. The maximum absolute atomic E-state index is 12.4. The van der Waals surface area contributed by atoms with Crippen LogP contribution in [0.2, 0.25) is 0 Å². The SMILES string of the molecule is CCOCCOc1ccccc1NC(=O)CNc1ccc(C(=O)NC2CCCCC2)cc1. The van der Waals surface area contributed by atoms with E-state index in [1.165, 1.54) is 19.3 Å². The zero-order valence-corrected chi connectivity index (χ0v) is 18.7. The standard InChI is InChI=1S/C25H33N3O4/c1-2-31-16-17-32-23-11-7-6-10-22(23)28-24(29)18-26-20-14-12-19(13-15-20)25(30)27-21-8-4-3-5-9-21/h6-7,10-15,21,26H,2-5,8-9,16-18H2,1H3,(H,27,30)(H,28,29). The highest BCUT2D eigenvalue weighted by Gasteiger charge is 2.16. The molecule has 7 heteroatoms. The minimum Gasteiger partial charge on any atom is -0.489 e. The number of ether oxygens (including phenoxy) is 2. The number of rotatable bonds is 11. The Bertz CT molecular complexity index is 864. The highest BCUT2D eigenvalue weighted by molar-refractivity contribution is 5.96. The van der Waals surface area contributed by atoms with E-state index in [1.807, 2.05) is 37.3 Å². The van der Waals surface area contributed by atoms with Gasteiger partial charge in [-0.15, -0.1) is 0 Å². The van der Waals surface area contributed by atoms with Crippen LogP contribution in [0.5, 0.6) is 5.75 Å². The highest BCUT2D eigenvalue weighted by atomic mass is 16.5. The van der Waals surface area contributed by atoms with Crippen molar-refractivity contribution in [3.05, 3.63) is 54.1 Å². The largest absolute Gasteiger partial charge is 0.489 e. The lowest BCUT2D eigenvalue weighted by Gasteiger charge is -2.22. The van der Waals surface area contributed by atoms with Gasteiger partial charge in [0.2, 0.25) is 5.91 Å². The summed E-state index contributed by atoms with van der Waals surface area (Å²) >= 11 is 0. The number of carbonyl (C=O) groups excluding carboxylic acids is 2. The van der Waals surface area contributed by atoms with Crippen molar-refractivity contribution in [1.29, 1.82) is 0 Å². The number of nitrogens with one attached hydrogen (secondary N) is 3. The molecule has 0 saturated heterocycles. The number of carbonyl (C=O) groups is 2. The number of amides is 2. The van der Waals surface area contributed by atoms with Gasteiger partial charge in [0.25, 0.3) is 5.91 Å². The van der Waals surface area contributed by atoms with Crippen molar-refractivity contribution in [1.82, 2.24) is 5.32 Å². The van der Waals surface area contributed by atoms with E-state index in [9.17, 15) is 9.59 Å². The summed E-state index contributed by atoms with van der Waals surface area (Å²) in [6.07, 6.45) is 5.73. The number of benzene rings is 2. The van der Waals surface area contributed by atoms with Crippen LogP contribution >= 0.6 is 0 Å². The van der Waals surface area contributed by atoms with E-state index in [4.69, 9.17) is 9.47 Å². The zero-order chi connectivity index (χ0) is 22.6. The van der Waals surface area contributed by atoms with Gasteiger partial charge in [-0.2, -0.15) is 0 Å². The monoisotopic (exact) mass is 439 g/mol. The first-order valence-electron chi connectivity index (χ1n) is 11.4. The van der Waals surface area contributed by atoms with Crippen LogP contribution in [-0.4, -0.2) is 44.2 Å². The molecule has 2 aromatic rings. The van der Waals surface area contributed by atoms with E-state index < -0.39 is 0 Å². The van der Waals surface area contributed by atoms with Crippen molar-refractivity contribution in [2.75, 3.05) is 37.0 Å². The first-order chi connectivity index (χ1) is 15.7. The minimum atomic E-state index is -0.190. The molecule has 1 saturated carbocycles. The normalized spacial score (nSPS) is 13.9. The molecule has 1 aliphatic carbocycles. The van der Waals surface area contributed by atoms with Crippen LogP contribution in [0, 0.1) is 0 Å². The molecule has 3 N–H and O–H groups in total. The molecule has 0 aliphatic heterocycles. The summed E-state index contributed by atoms with van der Waals surface area (Å²) in [5, 5.41) is 9.07. The van der Waals surface area contributed by atoms with Gasteiger partial charge in [0.15, 0.2) is 0 Å². The van der Waals surface area contributed by atoms with Crippen LogP contribution in [0.4, 0.5) is 11.4 Å². The van der Waals surface area contributed by atoms with Crippen LogP contribution in [0.3, 0.4) is 0 Å². The molecule has 1 fully saturated rings. The quantitative estimate of drug-likeness (QED) is 0.456. The number of hydrogen-bond acceptors (Lipinski definition) is 5. The molecule has 0 radical (unpaired) electrons. The van der Waals surface area contributed by atoms with Crippen molar-refractivity contribution < 1.29 is 19.1 Å². The molecular weight excluding hydrogens is 406 g/mol. The van der Waals surface area contributed by atoms with Crippen molar-refractivity contribution in [3.8, 4) is 5.75 Å². The maximum Gasteiger partial charge on any atom is 0.251 e. The third-order valence-corrected chi connectivity index (χ3v) is 5.39. The smallest absolute Gasteiger partial charge is 0.251 e. The first kappa shape index (κ1) is 23.6. The van der Waals surface area contributed by atoms with Crippen LogP contribution in [0.15, 0.2) is 48.5 Å². The van der Waals surface area contributed by atoms with Gasteiger partial charge in [0, 0.05) is 23.9 Å². The van der Waals surface area contributed by atoms with E-state index in [0.717, 1.165) is 18.5 Å². The lowest BCUT2D eigenvalue weighted by molar-refractivity contribution is -0.114. The minimum absolute atomic E-state index is 0.0397.